The van der Waals surface area contributed by atoms with Crippen LogP contribution in [0.5, 0.6) is 11.5 Å². The lowest BCUT2D eigenvalue weighted by molar-refractivity contribution is 0.395. The summed E-state index contributed by atoms with van der Waals surface area (Å²) in [6.45, 7) is 0. The highest BCUT2D eigenvalue weighted by Gasteiger charge is 2.22. The number of nitrogens with zero attached hydrogens (tertiary/aromatic N) is 4. The second kappa shape index (κ2) is 28.6. The fraction of sp³-hybridized carbons (Fsp3) is 0.0217. The number of ether oxygens (including phenoxy) is 2. The fourth-order valence-electron chi connectivity index (χ4n) is 14.6. The summed E-state index contributed by atoms with van der Waals surface area (Å²) in [6.07, 6.45) is 6.02. The van der Waals surface area contributed by atoms with Gasteiger partial charge in [-0.2, -0.15) is 0 Å². The van der Waals surface area contributed by atoms with Crippen LogP contribution in [0.25, 0.3) is 188 Å². The van der Waals surface area contributed by atoms with Crippen LogP contribution in [0.2, 0.25) is 0 Å². The lowest BCUT2D eigenvalue weighted by Crippen LogP contribution is -1.91. The number of para-hydroxylation sites is 1. The molecule has 14 aromatic carbocycles. The molecular formula is C92H64Br2FN11O2. The van der Waals surface area contributed by atoms with Gasteiger partial charge in [-0.15, -0.1) is 0 Å². The van der Waals surface area contributed by atoms with E-state index in [1.165, 1.54) is 60.6 Å². The first-order valence-corrected chi connectivity index (χ1v) is 36.8. The summed E-state index contributed by atoms with van der Waals surface area (Å²) in [7, 11) is 3.29. The normalized spacial score (nSPS) is 11.4. The Hall–Kier alpha value is -13.4. The summed E-state index contributed by atoms with van der Waals surface area (Å²) in [5, 5.41) is 13.2. The Morgan fingerprint density at radius 2 is 0.667 bits per heavy atom. The van der Waals surface area contributed by atoms with Crippen LogP contribution in [0, 0.1) is 5.82 Å². The van der Waals surface area contributed by atoms with Crippen molar-refractivity contribution in [1.82, 2.24) is 54.8 Å². The minimum absolute atomic E-state index is 0.258. The van der Waals surface area contributed by atoms with Crippen molar-refractivity contribution < 1.29 is 13.9 Å². The lowest BCUT2D eigenvalue weighted by Gasteiger charge is -2.08. The maximum atomic E-state index is 13.4. The smallest absolute Gasteiger partial charge is 0.142 e. The number of hydrogen-bond acceptors (Lipinski definition) is 6. The quantitative estimate of drug-likeness (QED) is 0.0669. The predicted octanol–water partition coefficient (Wildman–Crippen LogP) is 25.0. The number of H-pyrrole nitrogens is 7. The zero-order chi connectivity index (χ0) is 72.8. The van der Waals surface area contributed by atoms with Crippen molar-refractivity contribution in [3.8, 4) is 102 Å². The third-order valence-corrected chi connectivity index (χ3v) is 20.7. The number of methoxy groups -OCH3 is 2. The number of hydrogen-bond donors (Lipinski definition) is 7. The fourth-order valence-corrected chi connectivity index (χ4v) is 15.3. The van der Waals surface area contributed by atoms with Gasteiger partial charge in [0.25, 0.3) is 0 Å². The summed E-state index contributed by atoms with van der Waals surface area (Å²) >= 11 is 7.12. The Balaban J connectivity index is 0.000000102. The van der Waals surface area contributed by atoms with Gasteiger partial charge in [-0.25, -0.2) is 24.3 Å². The molecule has 0 radical (unpaired) electrons. The average Bonchev–Trinajstić information content (AvgIpc) is 1.53. The molecule has 0 saturated heterocycles. The molecule has 0 aliphatic rings. The Labute approximate surface area is 634 Å². The Morgan fingerprint density at radius 3 is 1.13 bits per heavy atom. The molecule has 0 amide bonds. The van der Waals surface area contributed by atoms with E-state index in [9.17, 15) is 4.39 Å². The van der Waals surface area contributed by atoms with Crippen molar-refractivity contribution in [2.45, 2.75) is 0 Å². The minimum Gasteiger partial charge on any atom is -0.497 e. The molecule has 7 heterocycles. The first kappa shape index (κ1) is 66.5. The second-order valence-corrected chi connectivity index (χ2v) is 28.0. The maximum Gasteiger partial charge on any atom is 0.142 e. The monoisotopic (exact) mass is 1530 g/mol. The van der Waals surface area contributed by atoms with E-state index in [-0.39, 0.29) is 5.82 Å². The zero-order valence-electron chi connectivity index (χ0n) is 58.2. The van der Waals surface area contributed by atoms with E-state index < -0.39 is 0 Å². The van der Waals surface area contributed by atoms with Crippen LogP contribution in [0.4, 0.5) is 4.39 Å². The SMILES string of the molecule is Brc1ccc2[nH]cc(-c3nc4c5ccccc5c5ccccc5c4[nH]3)c2c1.COc1ccc(-c2nc(-c3ccccc3)c(-c3ccccc3)[nH]2)c(OC)c1.Fc1ccc(-c2[nH]c(-c3c[nH]c4ccc(Br)cc34)nc2-c2ccccc2)cc1.c1ccc2c(-c3nc4c5ccccc5c5ccccc5c4[nH]3)c[nH]c2c1. The second-order valence-electron chi connectivity index (χ2n) is 26.1. The highest BCUT2D eigenvalue weighted by atomic mass is 79.9. The van der Waals surface area contributed by atoms with Gasteiger partial charge in [-0.05, 0) is 100 Å². The van der Waals surface area contributed by atoms with E-state index in [1.807, 2.05) is 128 Å². The molecule has 0 aliphatic heterocycles. The van der Waals surface area contributed by atoms with Crippen molar-refractivity contribution in [3.63, 3.8) is 0 Å². The molecule has 108 heavy (non-hydrogen) atoms. The summed E-state index contributed by atoms with van der Waals surface area (Å²) in [5.41, 5.74) is 19.2. The highest BCUT2D eigenvalue weighted by Crippen LogP contribution is 2.42. The van der Waals surface area contributed by atoms with Gasteiger partial charge in [0.15, 0.2) is 0 Å². The van der Waals surface area contributed by atoms with Crippen molar-refractivity contribution in [1.29, 1.82) is 0 Å². The van der Waals surface area contributed by atoms with Gasteiger partial charge in [0.1, 0.15) is 40.6 Å². The third kappa shape index (κ3) is 12.5. The van der Waals surface area contributed by atoms with Gasteiger partial charge in [0.05, 0.1) is 64.6 Å². The molecule has 7 aromatic heterocycles. The zero-order valence-corrected chi connectivity index (χ0v) is 61.4. The van der Waals surface area contributed by atoms with E-state index in [1.54, 1.807) is 26.4 Å². The van der Waals surface area contributed by atoms with Crippen LogP contribution < -0.4 is 9.47 Å². The summed E-state index contributed by atoms with van der Waals surface area (Å²) < 4.78 is 26.4. The van der Waals surface area contributed by atoms with Crippen LogP contribution >= 0.6 is 31.9 Å². The molecule has 0 bridgehead atoms. The average molecular weight is 1530 g/mol. The lowest BCUT2D eigenvalue weighted by atomic mass is 10.0. The van der Waals surface area contributed by atoms with Gasteiger partial charge in [0, 0.05) is 127 Å². The molecule has 16 heteroatoms. The Morgan fingerprint density at radius 1 is 0.296 bits per heavy atom. The summed E-state index contributed by atoms with van der Waals surface area (Å²) in [4.78, 5) is 44.0. The molecule has 0 fully saturated rings. The van der Waals surface area contributed by atoms with Gasteiger partial charge in [-0.1, -0.05) is 238 Å². The number of rotatable bonds is 10. The first-order valence-electron chi connectivity index (χ1n) is 35.2. The van der Waals surface area contributed by atoms with E-state index in [2.05, 4.69) is 224 Å². The van der Waals surface area contributed by atoms with Gasteiger partial charge in [0.2, 0.25) is 0 Å². The summed E-state index contributed by atoms with van der Waals surface area (Å²) in [6, 6.07) is 97.3. The molecule has 7 N–H and O–H groups in total. The molecule has 0 saturated carbocycles. The van der Waals surface area contributed by atoms with Gasteiger partial charge < -0.3 is 44.4 Å². The van der Waals surface area contributed by atoms with E-state index in [0.29, 0.717) is 5.75 Å². The molecule has 0 atom stereocenters. The van der Waals surface area contributed by atoms with Crippen molar-refractivity contribution >= 4 is 130 Å². The van der Waals surface area contributed by atoms with Gasteiger partial charge >= 0.3 is 0 Å². The van der Waals surface area contributed by atoms with E-state index >= 15 is 0 Å². The van der Waals surface area contributed by atoms with Crippen LogP contribution in [-0.2, 0) is 0 Å². The van der Waals surface area contributed by atoms with Crippen molar-refractivity contribution in [3.05, 3.63) is 325 Å². The maximum absolute atomic E-state index is 13.4. The Bertz CT molecular complexity index is 6690. The molecule has 520 valence electrons. The number of nitrogens with one attached hydrogen (secondary N) is 7. The molecule has 0 spiro atoms. The molecule has 21 aromatic rings. The molecule has 0 unspecified atom stereocenters. The molecular weight excluding hydrogens is 1470 g/mol. The summed E-state index contributed by atoms with van der Waals surface area (Å²) in [5.74, 6) is 4.51. The van der Waals surface area contributed by atoms with Gasteiger partial charge in [-0.3, -0.25) is 0 Å². The number of fused-ring (bicyclic) bond motifs is 15. The third-order valence-electron chi connectivity index (χ3n) is 19.7. The standard InChI is InChI=1S/C23H15BrFN3.C23H14BrN3.C23H15N3.C23H20N2O2/c24-16-8-11-20-18(12-16)19(13-26-20)23-27-21(14-4-2-1-3-5-14)22(28-23)15-6-9-17(25)10-7-15;24-13-9-10-20-18(11-13)19(12-25-20)23-26-21-16-7-3-1-5-14(16)15-6-2-4-8-17(15)22(21)27-23;1-3-10-17-14(7-1)15-8-2-4-11-18(15)22-21(17)25-23(26-22)19-13-24-20-12-6-5-9-16(19)20;1-26-18-13-14-19(20(15-18)27-2)23-24-21(16-9-5-3-6-10-16)22(25-23)17-11-7-4-8-12-17/h1-13,26H,(H,27,28);1-12,25H,(H,26,27);1-13,24H,(H,25,26);3-15H,1-2H3,(H,24,25). The van der Waals surface area contributed by atoms with Crippen LogP contribution in [0.1, 0.15) is 0 Å². The van der Waals surface area contributed by atoms with Crippen molar-refractivity contribution in [2.24, 2.45) is 0 Å². The first-order chi connectivity index (χ1) is 53.2. The predicted molar refractivity (Wildman–Crippen MR) is 447 cm³/mol. The molecule has 13 nitrogen and oxygen atoms in total. The van der Waals surface area contributed by atoms with Crippen molar-refractivity contribution in [2.75, 3.05) is 14.2 Å². The van der Waals surface area contributed by atoms with Crippen LogP contribution in [0.15, 0.2) is 319 Å². The number of halogens is 3. The molecule has 21 rings (SSSR count). The van der Waals surface area contributed by atoms with E-state index in [4.69, 9.17) is 29.4 Å². The number of aromatic nitrogens is 11. The van der Waals surface area contributed by atoms with E-state index in [0.717, 1.165) is 155 Å². The highest BCUT2D eigenvalue weighted by molar-refractivity contribution is 9.10. The van der Waals surface area contributed by atoms with Crippen LogP contribution in [0.3, 0.4) is 0 Å². The van der Waals surface area contributed by atoms with Crippen LogP contribution in [-0.4, -0.2) is 69.0 Å². The number of aromatic amines is 7. The number of imidazole rings is 4. The minimum atomic E-state index is -0.258. The number of benzene rings is 14. The topological polar surface area (TPSA) is 181 Å². The molecule has 0 aliphatic carbocycles. The largest absolute Gasteiger partial charge is 0.497 e. The Kier molecular flexibility index (Phi) is 17.6.